The fourth-order valence-corrected chi connectivity index (χ4v) is 7.84. The highest BCUT2D eigenvalue weighted by Crippen LogP contribution is 2.39. The molecular formula is C42H41ClN4O7. The van der Waals surface area contributed by atoms with Crippen molar-refractivity contribution in [1.29, 1.82) is 5.26 Å². The molecule has 2 aliphatic rings. The Labute approximate surface area is 318 Å². The second-order valence-corrected chi connectivity index (χ2v) is 14.6. The second kappa shape index (κ2) is 16.3. The van der Waals surface area contributed by atoms with Crippen molar-refractivity contribution in [2.45, 2.75) is 83.6 Å². The summed E-state index contributed by atoms with van der Waals surface area (Å²) in [5.41, 5.74) is 7.35. The number of pyridine rings is 1. The lowest BCUT2D eigenvalue weighted by Gasteiger charge is -2.33. The summed E-state index contributed by atoms with van der Waals surface area (Å²) in [7, 11) is 0. The molecule has 0 spiro atoms. The molecule has 0 bridgehead atoms. The predicted molar refractivity (Wildman–Crippen MR) is 201 cm³/mol. The first-order valence-electron chi connectivity index (χ1n) is 18.3. The van der Waals surface area contributed by atoms with E-state index in [4.69, 9.17) is 30.5 Å². The zero-order chi connectivity index (χ0) is 37.8. The van der Waals surface area contributed by atoms with E-state index in [0.29, 0.717) is 71.5 Å². The number of halogens is 1. The van der Waals surface area contributed by atoms with E-state index in [1.165, 1.54) is 6.20 Å². The first kappa shape index (κ1) is 36.9. The number of ether oxygens (including phenoxy) is 2. The van der Waals surface area contributed by atoms with Crippen molar-refractivity contribution in [2.24, 2.45) is 5.92 Å². The van der Waals surface area contributed by atoms with E-state index in [0.717, 1.165) is 59.0 Å². The van der Waals surface area contributed by atoms with Crippen LogP contribution in [0, 0.1) is 24.2 Å². The highest BCUT2D eigenvalue weighted by molar-refractivity contribution is 6.32. The van der Waals surface area contributed by atoms with Crippen molar-refractivity contribution in [3.05, 3.63) is 106 Å². The fourth-order valence-electron chi connectivity index (χ4n) is 7.59. The predicted octanol–water partition coefficient (Wildman–Crippen LogP) is 8.68. The summed E-state index contributed by atoms with van der Waals surface area (Å²) in [6, 6.07) is 18.8. The molecule has 278 valence electrons. The maximum atomic E-state index is 12.1. The van der Waals surface area contributed by atoms with Gasteiger partial charge >= 0.3 is 11.9 Å². The summed E-state index contributed by atoms with van der Waals surface area (Å²) in [6.45, 7) is 3.41. The van der Waals surface area contributed by atoms with Crippen LogP contribution in [0.1, 0.15) is 84.6 Å². The first-order valence-corrected chi connectivity index (χ1v) is 18.7. The zero-order valence-electron chi connectivity index (χ0n) is 30.0. The molecule has 1 saturated heterocycles. The Morgan fingerprint density at radius 2 is 1.76 bits per heavy atom. The van der Waals surface area contributed by atoms with Crippen LogP contribution in [0.3, 0.4) is 0 Å². The van der Waals surface area contributed by atoms with Gasteiger partial charge in [-0.1, -0.05) is 42.3 Å². The summed E-state index contributed by atoms with van der Waals surface area (Å²) in [5.74, 6) is -0.157. The van der Waals surface area contributed by atoms with Crippen molar-refractivity contribution < 1.29 is 33.7 Å². The standard InChI is InChI=1S/C42H41ClN4O7/c1-25-31(5-4-6-33(25)30-12-13-37-35(17-30)46-40(54-37)28-8-10-29(11-9-28)41(48)49)24-53-39-18-38(52-23-27-15-26(19-44)20-45-21-27)32(16-34(39)43)22-47-14-3-2-7-36(47)42(50)51/h4-6,12-13,15-18,20-21,28-29,36H,2-3,7-11,14,22-24H2,1H3,(H,48,49)(H,50,51)/t28?,29?,36-/m0/s1. The van der Waals surface area contributed by atoms with Gasteiger partial charge in [0.05, 0.1) is 16.5 Å². The number of piperidine rings is 1. The summed E-state index contributed by atoms with van der Waals surface area (Å²) in [5, 5.41) is 29.0. The molecule has 0 unspecified atom stereocenters. The van der Waals surface area contributed by atoms with Crippen LogP contribution in [-0.2, 0) is 29.3 Å². The lowest BCUT2D eigenvalue weighted by molar-refractivity contribution is -0.145. The molecule has 1 saturated carbocycles. The molecule has 7 rings (SSSR count). The average Bonchev–Trinajstić information content (AvgIpc) is 3.61. The lowest BCUT2D eigenvalue weighted by atomic mass is 9.82. The Morgan fingerprint density at radius 3 is 2.54 bits per heavy atom. The number of carboxylic acids is 2. The number of carbonyl (C=O) groups is 2. The van der Waals surface area contributed by atoms with Crippen LogP contribution in [0.15, 0.2) is 71.4 Å². The highest BCUT2D eigenvalue weighted by Gasteiger charge is 2.31. The number of aromatic nitrogens is 2. The van der Waals surface area contributed by atoms with Crippen molar-refractivity contribution in [2.75, 3.05) is 6.54 Å². The van der Waals surface area contributed by atoms with E-state index in [1.807, 2.05) is 42.2 Å². The van der Waals surface area contributed by atoms with Gasteiger partial charge in [0.25, 0.3) is 0 Å². The monoisotopic (exact) mass is 748 g/mol. The molecule has 2 fully saturated rings. The zero-order valence-corrected chi connectivity index (χ0v) is 30.7. The van der Waals surface area contributed by atoms with Gasteiger partial charge in [-0.05, 0) is 98.5 Å². The molecular weight excluding hydrogens is 708 g/mol. The molecule has 0 radical (unpaired) electrons. The third-order valence-corrected chi connectivity index (χ3v) is 11.0. The number of oxazole rings is 1. The quantitative estimate of drug-likeness (QED) is 0.126. The minimum Gasteiger partial charge on any atom is -0.488 e. The molecule has 2 N–H and O–H groups in total. The SMILES string of the molecule is Cc1c(COc2cc(OCc3cncc(C#N)c3)c(CN3CCCC[C@H]3C(=O)O)cc2Cl)cccc1-c1ccc2oc(C3CCC(C(=O)O)CC3)nc2c1. The number of hydrogen-bond acceptors (Lipinski definition) is 9. The summed E-state index contributed by atoms with van der Waals surface area (Å²) < 4.78 is 18.8. The van der Waals surface area contributed by atoms with Gasteiger partial charge in [0.15, 0.2) is 11.5 Å². The molecule has 11 nitrogen and oxygen atoms in total. The van der Waals surface area contributed by atoms with E-state index in [9.17, 15) is 25.1 Å². The molecule has 3 aromatic carbocycles. The summed E-state index contributed by atoms with van der Waals surface area (Å²) in [4.78, 5) is 34.4. The van der Waals surface area contributed by atoms with E-state index in [-0.39, 0.29) is 25.0 Å². The van der Waals surface area contributed by atoms with Crippen LogP contribution in [0.2, 0.25) is 5.02 Å². The van der Waals surface area contributed by atoms with Crippen LogP contribution in [0.4, 0.5) is 0 Å². The Morgan fingerprint density at radius 1 is 0.944 bits per heavy atom. The Hall–Kier alpha value is -5.44. The van der Waals surface area contributed by atoms with Crippen LogP contribution in [0.5, 0.6) is 11.5 Å². The lowest BCUT2D eigenvalue weighted by Crippen LogP contribution is -2.44. The number of likely N-dealkylation sites (tertiary alicyclic amines) is 1. The number of hydrogen-bond donors (Lipinski definition) is 2. The second-order valence-electron chi connectivity index (χ2n) is 14.2. The van der Waals surface area contributed by atoms with Gasteiger partial charge in [-0.25, -0.2) is 4.98 Å². The molecule has 5 aromatic rings. The third kappa shape index (κ3) is 8.20. The largest absolute Gasteiger partial charge is 0.488 e. The van der Waals surface area contributed by atoms with Gasteiger partial charge in [0, 0.05) is 42.0 Å². The number of nitrogens with zero attached hydrogens (tertiary/aromatic N) is 4. The van der Waals surface area contributed by atoms with Gasteiger partial charge < -0.3 is 24.1 Å². The molecule has 1 atom stereocenters. The highest BCUT2D eigenvalue weighted by atomic mass is 35.5. The van der Waals surface area contributed by atoms with Crippen molar-refractivity contribution in [1.82, 2.24) is 14.9 Å². The number of benzene rings is 3. The van der Waals surface area contributed by atoms with Crippen LogP contribution < -0.4 is 9.47 Å². The van der Waals surface area contributed by atoms with Gasteiger partial charge in [-0.3, -0.25) is 19.5 Å². The summed E-state index contributed by atoms with van der Waals surface area (Å²) in [6.07, 6.45) is 8.23. The number of carboxylic acid groups (broad SMARTS) is 2. The van der Waals surface area contributed by atoms with Crippen molar-refractivity contribution in [3.63, 3.8) is 0 Å². The summed E-state index contributed by atoms with van der Waals surface area (Å²) >= 11 is 6.84. The van der Waals surface area contributed by atoms with Crippen molar-refractivity contribution in [3.8, 4) is 28.7 Å². The van der Waals surface area contributed by atoms with Crippen LogP contribution in [-0.4, -0.2) is 49.6 Å². The average molecular weight is 749 g/mol. The normalized spacial score (nSPS) is 18.9. The molecule has 2 aromatic heterocycles. The van der Waals surface area contributed by atoms with Crippen molar-refractivity contribution >= 4 is 34.6 Å². The van der Waals surface area contributed by atoms with E-state index >= 15 is 0 Å². The third-order valence-electron chi connectivity index (χ3n) is 10.7. The molecule has 3 heterocycles. The van der Waals surface area contributed by atoms with E-state index in [2.05, 4.69) is 17.1 Å². The van der Waals surface area contributed by atoms with Crippen LogP contribution >= 0.6 is 11.6 Å². The van der Waals surface area contributed by atoms with Gasteiger partial charge in [0.1, 0.15) is 42.3 Å². The Balaban J connectivity index is 1.10. The van der Waals surface area contributed by atoms with E-state index < -0.39 is 18.0 Å². The number of rotatable bonds is 12. The molecule has 0 amide bonds. The molecule has 12 heteroatoms. The molecule has 54 heavy (non-hydrogen) atoms. The van der Waals surface area contributed by atoms with Gasteiger partial charge in [-0.15, -0.1) is 0 Å². The molecule has 1 aliphatic carbocycles. The van der Waals surface area contributed by atoms with Gasteiger partial charge in [0.2, 0.25) is 0 Å². The Kier molecular flexibility index (Phi) is 11.1. The van der Waals surface area contributed by atoms with Crippen LogP contribution in [0.25, 0.3) is 22.2 Å². The molecule has 1 aliphatic heterocycles. The van der Waals surface area contributed by atoms with Gasteiger partial charge in [-0.2, -0.15) is 5.26 Å². The minimum absolute atomic E-state index is 0.115. The minimum atomic E-state index is -0.845. The van der Waals surface area contributed by atoms with E-state index in [1.54, 1.807) is 24.4 Å². The number of aliphatic carboxylic acids is 2. The topological polar surface area (TPSA) is 159 Å². The first-order chi connectivity index (χ1) is 26.2. The number of fused-ring (bicyclic) bond motifs is 1. The smallest absolute Gasteiger partial charge is 0.320 e. The number of nitriles is 1. The fraction of sp³-hybridized carbons (Fsp3) is 0.357. The Bertz CT molecular complexity index is 2220. The maximum Gasteiger partial charge on any atom is 0.320 e. The maximum absolute atomic E-state index is 12.1.